The van der Waals surface area contributed by atoms with Crippen LogP contribution in [0.15, 0.2) is 12.1 Å². The standard InChI is InChI=1S/C14H16F3NOS/c1-8-2-5-12(20-8)10-6-11(10)13(19)18(9-3-4-9)7-14(15,16)17/h2,5,9-11H,3-4,6-7H2,1H3/t10-,11-/m0/s1. The Hall–Kier alpha value is -1.04. The summed E-state index contributed by atoms with van der Waals surface area (Å²) in [7, 11) is 0. The lowest BCUT2D eigenvalue weighted by molar-refractivity contribution is -0.163. The fraction of sp³-hybridized carbons (Fsp3) is 0.643. The van der Waals surface area contributed by atoms with Gasteiger partial charge in [-0.3, -0.25) is 4.79 Å². The van der Waals surface area contributed by atoms with Crippen LogP contribution < -0.4 is 0 Å². The van der Waals surface area contributed by atoms with Gasteiger partial charge >= 0.3 is 6.18 Å². The lowest BCUT2D eigenvalue weighted by Gasteiger charge is -2.24. The molecule has 6 heteroatoms. The number of amides is 1. The molecular formula is C14H16F3NOS. The number of hydrogen-bond acceptors (Lipinski definition) is 2. The summed E-state index contributed by atoms with van der Waals surface area (Å²) >= 11 is 1.64. The minimum Gasteiger partial charge on any atom is -0.330 e. The Balaban J connectivity index is 1.66. The quantitative estimate of drug-likeness (QED) is 0.830. The number of hydrogen-bond donors (Lipinski definition) is 0. The first kappa shape index (κ1) is 13.9. The highest BCUT2D eigenvalue weighted by molar-refractivity contribution is 7.12. The molecule has 0 radical (unpaired) electrons. The van der Waals surface area contributed by atoms with Gasteiger partial charge in [0.2, 0.25) is 5.91 Å². The summed E-state index contributed by atoms with van der Waals surface area (Å²) in [6.07, 6.45) is -2.20. The first-order valence-corrected chi connectivity index (χ1v) is 7.60. The SMILES string of the molecule is Cc1ccc([C@H]2C[C@@H]2C(=O)N(CC(F)(F)F)C2CC2)s1. The van der Waals surface area contributed by atoms with Gasteiger partial charge in [0.15, 0.2) is 0 Å². The molecule has 0 aromatic carbocycles. The largest absolute Gasteiger partial charge is 0.406 e. The molecule has 0 saturated heterocycles. The highest BCUT2D eigenvalue weighted by Crippen LogP contribution is 2.51. The molecule has 2 atom stereocenters. The van der Waals surface area contributed by atoms with Gasteiger partial charge in [-0.1, -0.05) is 0 Å². The van der Waals surface area contributed by atoms with Crippen LogP contribution in [0.5, 0.6) is 0 Å². The van der Waals surface area contributed by atoms with Crippen molar-refractivity contribution in [1.82, 2.24) is 4.90 Å². The maximum atomic E-state index is 12.6. The van der Waals surface area contributed by atoms with Crippen molar-refractivity contribution in [3.05, 3.63) is 21.9 Å². The lowest BCUT2D eigenvalue weighted by atomic mass is 10.2. The highest BCUT2D eigenvalue weighted by atomic mass is 32.1. The Morgan fingerprint density at radius 3 is 2.60 bits per heavy atom. The molecule has 0 N–H and O–H groups in total. The van der Waals surface area contributed by atoms with Crippen LogP contribution in [0.2, 0.25) is 0 Å². The van der Waals surface area contributed by atoms with E-state index in [4.69, 9.17) is 0 Å². The van der Waals surface area contributed by atoms with Crippen molar-refractivity contribution < 1.29 is 18.0 Å². The summed E-state index contributed by atoms with van der Waals surface area (Å²) in [4.78, 5) is 15.6. The van der Waals surface area contributed by atoms with Gasteiger partial charge in [-0.05, 0) is 38.3 Å². The molecule has 2 fully saturated rings. The molecule has 0 unspecified atom stereocenters. The van der Waals surface area contributed by atoms with Crippen molar-refractivity contribution in [2.45, 2.75) is 44.3 Å². The molecule has 0 bridgehead atoms. The van der Waals surface area contributed by atoms with Gasteiger partial charge < -0.3 is 4.90 Å². The van der Waals surface area contributed by atoms with Crippen molar-refractivity contribution in [2.24, 2.45) is 5.92 Å². The van der Waals surface area contributed by atoms with Crippen LogP contribution in [0.25, 0.3) is 0 Å². The second kappa shape index (κ2) is 4.76. The number of carbonyl (C=O) groups is 1. The zero-order chi connectivity index (χ0) is 14.5. The van der Waals surface area contributed by atoms with Crippen LogP contribution in [0.1, 0.15) is 34.9 Å². The van der Waals surface area contributed by atoms with Gasteiger partial charge in [0.25, 0.3) is 0 Å². The molecule has 2 aliphatic rings. The maximum Gasteiger partial charge on any atom is 0.406 e. The predicted molar refractivity (Wildman–Crippen MR) is 70.7 cm³/mol. The van der Waals surface area contributed by atoms with E-state index in [2.05, 4.69) is 0 Å². The second-order valence-electron chi connectivity index (χ2n) is 5.71. The number of halogens is 3. The van der Waals surface area contributed by atoms with Gasteiger partial charge in [-0.15, -0.1) is 11.3 Å². The highest BCUT2D eigenvalue weighted by Gasteiger charge is 2.50. The first-order valence-electron chi connectivity index (χ1n) is 6.79. The summed E-state index contributed by atoms with van der Waals surface area (Å²) in [5.74, 6) is -0.410. The Morgan fingerprint density at radius 2 is 2.10 bits per heavy atom. The zero-order valence-corrected chi connectivity index (χ0v) is 11.9. The molecule has 110 valence electrons. The van der Waals surface area contributed by atoms with Gasteiger partial charge in [0, 0.05) is 27.6 Å². The fourth-order valence-electron chi connectivity index (χ4n) is 2.61. The number of alkyl halides is 3. The predicted octanol–water partition coefficient (Wildman–Crippen LogP) is 3.71. The van der Waals surface area contributed by atoms with Crippen LogP contribution >= 0.6 is 11.3 Å². The average Bonchev–Trinajstić information content (AvgIpc) is 3.24. The Labute approximate surface area is 119 Å². The van der Waals surface area contributed by atoms with Crippen LogP contribution in [0.3, 0.4) is 0 Å². The van der Waals surface area contributed by atoms with Crippen LogP contribution in [0.4, 0.5) is 13.2 Å². The summed E-state index contributed by atoms with van der Waals surface area (Å²) < 4.78 is 37.7. The Kier molecular flexibility index (Phi) is 3.31. The minimum absolute atomic E-state index is 0.135. The normalized spacial score (nSPS) is 25.6. The van der Waals surface area contributed by atoms with Crippen molar-refractivity contribution in [3.63, 3.8) is 0 Å². The van der Waals surface area contributed by atoms with E-state index in [0.29, 0.717) is 19.3 Å². The third kappa shape index (κ3) is 3.00. The molecule has 1 heterocycles. The minimum atomic E-state index is -4.30. The van der Waals surface area contributed by atoms with Crippen LogP contribution in [0, 0.1) is 12.8 Å². The van der Waals surface area contributed by atoms with Crippen LogP contribution in [-0.4, -0.2) is 29.6 Å². The topological polar surface area (TPSA) is 20.3 Å². The van der Waals surface area contributed by atoms with Crippen molar-refractivity contribution in [3.8, 4) is 0 Å². The number of carbonyl (C=O) groups excluding carboxylic acids is 1. The number of nitrogens with zero attached hydrogens (tertiary/aromatic N) is 1. The average molecular weight is 303 g/mol. The summed E-state index contributed by atoms with van der Waals surface area (Å²) in [5, 5.41) is 0. The van der Waals surface area contributed by atoms with E-state index in [1.807, 2.05) is 19.1 Å². The van der Waals surface area contributed by atoms with E-state index in [1.54, 1.807) is 11.3 Å². The Morgan fingerprint density at radius 1 is 1.40 bits per heavy atom. The third-order valence-corrected chi connectivity index (χ3v) is 4.99. The smallest absolute Gasteiger partial charge is 0.330 e. The molecule has 1 aromatic rings. The zero-order valence-electron chi connectivity index (χ0n) is 11.1. The molecule has 1 amide bonds. The molecule has 3 rings (SSSR count). The monoisotopic (exact) mass is 303 g/mol. The van der Waals surface area contributed by atoms with E-state index < -0.39 is 12.7 Å². The second-order valence-corrected chi connectivity index (χ2v) is 7.03. The fourth-order valence-corrected chi connectivity index (χ4v) is 3.67. The summed E-state index contributed by atoms with van der Waals surface area (Å²) in [5.41, 5.74) is 0. The van der Waals surface area contributed by atoms with E-state index in [0.717, 1.165) is 9.78 Å². The molecule has 1 aromatic heterocycles. The van der Waals surface area contributed by atoms with Gasteiger partial charge in [-0.2, -0.15) is 13.2 Å². The van der Waals surface area contributed by atoms with Crippen LogP contribution in [-0.2, 0) is 4.79 Å². The number of thiophene rings is 1. The van der Waals surface area contributed by atoms with Gasteiger partial charge in [0.05, 0.1) is 0 Å². The molecule has 2 aliphatic carbocycles. The van der Waals surface area contributed by atoms with Gasteiger partial charge in [-0.25, -0.2) is 0 Å². The molecule has 0 aliphatic heterocycles. The maximum absolute atomic E-state index is 12.6. The van der Waals surface area contributed by atoms with E-state index in [9.17, 15) is 18.0 Å². The summed E-state index contributed by atoms with van der Waals surface area (Å²) in [6, 6.07) is 3.80. The van der Waals surface area contributed by atoms with Crippen molar-refractivity contribution in [2.75, 3.05) is 6.54 Å². The van der Waals surface area contributed by atoms with Crippen molar-refractivity contribution >= 4 is 17.2 Å². The van der Waals surface area contributed by atoms with Gasteiger partial charge in [0.1, 0.15) is 6.54 Å². The van der Waals surface area contributed by atoms with Crippen molar-refractivity contribution in [1.29, 1.82) is 0 Å². The van der Waals surface area contributed by atoms with E-state index >= 15 is 0 Å². The molecular weight excluding hydrogens is 287 g/mol. The van der Waals surface area contributed by atoms with E-state index in [1.165, 1.54) is 4.88 Å². The molecule has 2 saturated carbocycles. The number of rotatable bonds is 4. The molecule has 20 heavy (non-hydrogen) atoms. The summed E-state index contributed by atoms with van der Waals surface area (Å²) in [6.45, 7) is 0.900. The first-order chi connectivity index (χ1) is 9.35. The molecule has 2 nitrogen and oxygen atoms in total. The third-order valence-electron chi connectivity index (χ3n) is 3.85. The Bertz CT molecular complexity index is 521. The number of aryl methyl sites for hydroxylation is 1. The van der Waals surface area contributed by atoms with E-state index in [-0.39, 0.29) is 23.8 Å². The molecule has 0 spiro atoms. The lowest BCUT2D eigenvalue weighted by Crippen LogP contribution is -2.41.